The Kier molecular flexibility index (Phi) is 5.28. The fraction of sp³-hybridized carbons (Fsp3) is 0.211. The maximum Gasteiger partial charge on any atom is 0.0680 e. The van der Waals surface area contributed by atoms with Gasteiger partial charge in [-0.2, -0.15) is 0 Å². The SMILES string of the molecule is Clc1ccc(C2=CN(Cc3ccc(Cl)cc3Cl)I=C3CCCN23)cc1. The highest BCUT2D eigenvalue weighted by Gasteiger charge is 2.27. The van der Waals surface area contributed by atoms with Crippen LogP contribution in [0.2, 0.25) is 15.1 Å². The maximum absolute atomic E-state index is 6.38. The molecule has 0 N–H and O–H groups in total. The van der Waals surface area contributed by atoms with Gasteiger partial charge >= 0.3 is 0 Å². The van der Waals surface area contributed by atoms with Crippen molar-refractivity contribution in [3.05, 3.63) is 74.9 Å². The van der Waals surface area contributed by atoms with Crippen molar-refractivity contribution in [1.29, 1.82) is 0 Å². The lowest BCUT2D eigenvalue weighted by atomic mass is 10.1. The molecule has 2 heterocycles. The maximum atomic E-state index is 6.38. The number of rotatable bonds is 3. The number of hydrogen-bond donors (Lipinski definition) is 0. The molecule has 2 aliphatic rings. The second-order valence-corrected chi connectivity index (χ2v) is 10.3. The summed E-state index contributed by atoms with van der Waals surface area (Å²) in [6.45, 7) is 1.93. The summed E-state index contributed by atoms with van der Waals surface area (Å²) < 4.78 is 4.02. The van der Waals surface area contributed by atoms with Gasteiger partial charge in [-0.1, -0.05) is 53.0 Å². The molecule has 2 aromatic rings. The standard InChI is InChI=1S/C19H16Cl3IN2/c20-15-6-3-13(4-7-15)18-12-24(23-19-2-1-9-25(18)19)11-14-5-8-16(21)10-17(14)22/h3-8,10,12H,1-2,9,11H2. The summed E-state index contributed by atoms with van der Waals surface area (Å²) in [5, 5.41) is 2.18. The van der Waals surface area contributed by atoms with Gasteiger partial charge in [0.25, 0.3) is 0 Å². The first-order valence-electron chi connectivity index (χ1n) is 8.07. The van der Waals surface area contributed by atoms with Crippen molar-refractivity contribution in [2.24, 2.45) is 0 Å². The molecule has 0 atom stereocenters. The van der Waals surface area contributed by atoms with E-state index in [1.807, 2.05) is 30.3 Å². The Morgan fingerprint density at radius 2 is 1.72 bits per heavy atom. The van der Waals surface area contributed by atoms with E-state index in [9.17, 15) is 0 Å². The van der Waals surface area contributed by atoms with Gasteiger partial charge in [0.1, 0.15) is 0 Å². The third-order valence-electron chi connectivity index (χ3n) is 4.29. The zero-order valence-electron chi connectivity index (χ0n) is 13.4. The van der Waals surface area contributed by atoms with E-state index in [-0.39, 0.29) is 21.0 Å². The van der Waals surface area contributed by atoms with Crippen LogP contribution in [0.3, 0.4) is 0 Å². The van der Waals surface area contributed by atoms with Crippen molar-refractivity contribution < 1.29 is 0 Å². The molecule has 2 nitrogen and oxygen atoms in total. The van der Waals surface area contributed by atoms with Gasteiger partial charge in [0.05, 0.1) is 15.9 Å². The minimum Gasteiger partial charge on any atom is -0.337 e. The van der Waals surface area contributed by atoms with E-state index in [0.29, 0.717) is 5.02 Å². The highest BCUT2D eigenvalue weighted by atomic mass is 127. The largest absolute Gasteiger partial charge is 0.337 e. The van der Waals surface area contributed by atoms with Gasteiger partial charge in [0, 0.05) is 48.8 Å². The Labute approximate surface area is 173 Å². The lowest BCUT2D eigenvalue weighted by Gasteiger charge is -2.31. The second kappa shape index (κ2) is 7.47. The van der Waals surface area contributed by atoms with Crippen molar-refractivity contribution >= 4 is 65.1 Å². The summed E-state index contributed by atoms with van der Waals surface area (Å²) in [5.41, 5.74) is 3.59. The molecule has 0 radical (unpaired) electrons. The summed E-state index contributed by atoms with van der Waals surface area (Å²) in [5.74, 6) is 0. The fourth-order valence-corrected chi connectivity index (χ4v) is 6.70. The molecule has 0 unspecified atom stereocenters. The molecule has 0 spiro atoms. The molecule has 130 valence electrons. The molecule has 1 fully saturated rings. The first-order chi connectivity index (χ1) is 12.1. The van der Waals surface area contributed by atoms with Crippen LogP contribution in [0.5, 0.6) is 0 Å². The van der Waals surface area contributed by atoms with Crippen LogP contribution < -0.4 is 0 Å². The smallest absolute Gasteiger partial charge is 0.0680 e. The molecule has 0 aliphatic carbocycles. The lowest BCUT2D eigenvalue weighted by Crippen LogP contribution is -2.27. The lowest BCUT2D eigenvalue weighted by molar-refractivity contribution is 0.600. The highest BCUT2D eigenvalue weighted by molar-refractivity contribution is 14.2. The van der Waals surface area contributed by atoms with Crippen LogP contribution in [0.1, 0.15) is 24.0 Å². The Balaban J connectivity index is 1.67. The molecule has 0 aromatic heterocycles. The Bertz CT molecular complexity index is 861. The number of benzene rings is 2. The van der Waals surface area contributed by atoms with Crippen molar-refractivity contribution in [2.75, 3.05) is 6.54 Å². The summed E-state index contributed by atoms with van der Waals surface area (Å²) >= 11 is 18.3. The van der Waals surface area contributed by atoms with E-state index in [2.05, 4.69) is 26.3 Å². The summed E-state index contributed by atoms with van der Waals surface area (Å²) in [4.78, 5) is 2.50. The van der Waals surface area contributed by atoms with Gasteiger partial charge < -0.3 is 8.01 Å². The van der Waals surface area contributed by atoms with Crippen LogP contribution in [0.25, 0.3) is 5.70 Å². The van der Waals surface area contributed by atoms with E-state index < -0.39 is 0 Å². The first kappa shape index (κ1) is 17.7. The summed E-state index contributed by atoms with van der Waals surface area (Å²) in [6, 6.07) is 13.9. The van der Waals surface area contributed by atoms with Crippen LogP contribution in [0.15, 0.2) is 48.7 Å². The van der Waals surface area contributed by atoms with Crippen LogP contribution >= 0.6 is 55.8 Å². The topological polar surface area (TPSA) is 6.48 Å². The van der Waals surface area contributed by atoms with Crippen molar-refractivity contribution in [1.82, 2.24) is 8.01 Å². The predicted octanol–water partition coefficient (Wildman–Crippen LogP) is 6.57. The number of halogens is 4. The zero-order valence-corrected chi connectivity index (χ0v) is 17.8. The summed E-state index contributed by atoms with van der Waals surface area (Å²) in [7, 11) is 0. The first-order valence-corrected chi connectivity index (χ1v) is 11.2. The summed E-state index contributed by atoms with van der Waals surface area (Å²) in [6.07, 6.45) is 4.72. The molecule has 2 aliphatic heterocycles. The third kappa shape index (κ3) is 3.85. The van der Waals surface area contributed by atoms with Crippen LogP contribution in [0.4, 0.5) is 0 Å². The Morgan fingerprint density at radius 3 is 2.48 bits per heavy atom. The van der Waals surface area contributed by atoms with Gasteiger partial charge in [0.2, 0.25) is 0 Å². The van der Waals surface area contributed by atoms with Crippen LogP contribution in [-0.2, 0) is 6.54 Å². The molecular weight excluding hydrogens is 489 g/mol. The Hall–Kier alpha value is -0.750. The average molecular weight is 506 g/mol. The molecule has 4 rings (SSSR count). The van der Waals surface area contributed by atoms with Crippen molar-refractivity contribution in [3.63, 3.8) is 0 Å². The number of hydrogen-bond acceptors (Lipinski definition) is 2. The van der Waals surface area contributed by atoms with Gasteiger partial charge in [0.15, 0.2) is 0 Å². The van der Waals surface area contributed by atoms with Crippen LogP contribution in [-0.4, -0.2) is 18.2 Å². The third-order valence-corrected chi connectivity index (χ3v) is 8.05. The minimum absolute atomic E-state index is 0.185. The fourth-order valence-electron chi connectivity index (χ4n) is 3.07. The minimum atomic E-state index is -0.185. The van der Waals surface area contributed by atoms with E-state index in [0.717, 1.165) is 28.7 Å². The van der Waals surface area contributed by atoms with Crippen LogP contribution in [0, 0.1) is 0 Å². The second-order valence-electron chi connectivity index (χ2n) is 6.03. The van der Waals surface area contributed by atoms with Crippen molar-refractivity contribution in [2.45, 2.75) is 19.4 Å². The van der Waals surface area contributed by atoms with E-state index >= 15 is 0 Å². The predicted molar refractivity (Wildman–Crippen MR) is 116 cm³/mol. The molecule has 6 heteroatoms. The van der Waals surface area contributed by atoms with Gasteiger partial charge in [-0.25, -0.2) is 0 Å². The zero-order chi connectivity index (χ0) is 17.4. The molecule has 0 saturated carbocycles. The highest BCUT2D eigenvalue weighted by Crippen LogP contribution is 2.37. The average Bonchev–Trinajstić information content (AvgIpc) is 3.06. The molecule has 0 amide bonds. The van der Waals surface area contributed by atoms with Gasteiger partial charge in [-0.3, -0.25) is 0 Å². The van der Waals surface area contributed by atoms with Gasteiger partial charge in [-0.05, 0) is 48.2 Å². The number of fused-ring (bicyclic) bond motifs is 1. The quantitative estimate of drug-likeness (QED) is 0.344. The van der Waals surface area contributed by atoms with E-state index in [4.69, 9.17) is 34.8 Å². The normalized spacial score (nSPS) is 16.9. The van der Waals surface area contributed by atoms with E-state index in [1.165, 1.54) is 24.1 Å². The van der Waals surface area contributed by atoms with E-state index in [1.54, 1.807) is 3.63 Å². The van der Waals surface area contributed by atoms with Crippen molar-refractivity contribution in [3.8, 4) is 0 Å². The molecule has 25 heavy (non-hydrogen) atoms. The Morgan fingerprint density at radius 1 is 0.960 bits per heavy atom. The molecule has 1 saturated heterocycles. The monoisotopic (exact) mass is 504 g/mol. The van der Waals surface area contributed by atoms with Gasteiger partial charge in [-0.15, -0.1) is 0 Å². The number of nitrogens with zero attached hydrogens (tertiary/aromatic N) is 2. The molecular formula is C19H16Cl3IN2. The molecule has 0 bridgehead atoms. The molecule has 2 aromatic carbocycles.